The molecule has 1 unspecified atom stereocenters. The van der Waals surface area contributed by atoms with Crippen LogP contribution < -0.4 is 0 Å². The van der Waals surface area contributed by atoms with Crippen LogP contribution in [-0.4, -0.2) is 31.2 Å². The van der Waals surface area contributed by atoms with Crippen LogP contribution in [0, 0.1) is 11.5 Å². The summed E-state index contributed by atoms with van der Waals surface area (Å²) in [5.41, 5.74) is 0. The molecule has 3 heteroatoms. The van der Waals surface area contributed by atoms with Crippen molar-refractivity contribution in [2.24, 2.45) is 0 Å². The van der Waals surface area contributed by atoms with Gasteiger partial charge in [-0.3, -0.25) is 0 Å². The van der Waals surface area contributed by atoms with E-state index >= 15 is 0 Å². The number of methoxy groups -OCH3 is 1. The SMILES string of the molecule is COC1CCCN(C#N)C1. The third-order valence-corrected chi connectivity index (χ3v) is 1.85. The summed E-state index contributed by atoms with van der Waals surface area (Å²) in [4.78, 5) is 1.75. The second-order valence-corrected chi connectivity index (χ2v) is 2.55. The highest BCUT2D eigenvalue weighted by atomic mass is 16.5. The smallest absolute Gasteiger partial charge is 0.179 e. The molecule has 1 aliphatic rings. The lowest BCUT2D eigenvalue weighted by atomic mass is 10.1. The Morgan fingerprint density at radius 1 is 1.70 bits per heavy atom. The van der Waals surface area contributed by atoms with Crippen molar-refractivity contribution >= 4 is 0 Å². The first-order valence-corrected chi connectivity index (χ1v) is 3.54. The van der Waals surface area contributed by atoms with E-state index in [4.69, 9.17) is 10.00 Å². The molecule has 0 spiro atoms. The molecule has 0 amide bonds. The molecule has 56 valence electrons. The van der Waals surface area contributed by atoms with Crippen LogP contribution in [0.3, 0.4) is 0 Å². The summed E-state index contributed by atoms with van der Waals surface area (Å²) in [6.07, 6.45) is 4.56. The van der Waals surface area contributed by atoms with E-state index in [2.05, 4.69) is 6.19 Å². The number of hydrogen-bond donors (Lipinski definition) is 0. The van der Waals surface area contributed by atoms with Crippen molar-refractivity contribution in [1.82, 2.24) is 4.90 Å². The lowest BCUT2D eigenvalue weighted by Gasteiger charge is -2.27. The highest BCUT2D eigenvalue weighted by Gasteiger charge is 2.17. The third kappa shape index (κ3) is 1.61. The molecule has 3 nitrogen and oxygen atoms in total. The van der Waals surface area contributed by atoms with Gasteiger partial charge in [0.15, 0.2) is 6.19 Å². The van der Waals surface area contributed by atoms with Crippen molar-refractivity contribution in [3.63, 3.8) is 0 Å². The molecule has 0 aliphatic carbocycles. The predicted octanol–water partition coefficient (Wildman–Crippen LogP) is 0.578. The van der Waals surface area contributed by atoms with E-state index in [1.165, 1.54) is 0 Å². The van der Waals surface area contributed by atoms with E-state index < -0.39 is 0 Å². The molecule has 0 saturated carbocycles. The maximum atomic E-state index is 8.52. The van der Waals surface area contributed by atoms with Gasteiger partial charge in [-0.1, -0.05) is 0 Å². The van der Waals surface area contributed by atoms with Gasteiger partial charge in [0.05, 0.1) is 12.6 Å². The van der Waals surface area contributed by atoms with Crippen LogP contribution in [0.25, 0.3) is 0 Å². The Labute approximate surface area is 61.2 Å². The zero-order valence-corrected chi connectivity index (χ0v) is 6.21. The maximum Gasteiger partial charge on any atom is 0.179 e. The van der Waals surface area contributed by atoms with Crippen LogP contribution in [0.2, 0.25) is 0 Å². The second kappa shape index (κ2) is 3.43. The van der Waals surface area contributed by atoms with E-state index in [0.717, 1.165) is 25.9 Å². The van der Waals surface area contributed by atoms with Crippen molar-refractivity contribution in [3.05, 3.63) is 0 Å². The number of nitrogens with zero attached hydrogens (tertiary/aromatic N) is 2. The van der Waals surface area contributed by atoms with E-state index in [0.29, 0.717) is 0 Å². The van der Waals surface area contributed by atoms with E-state index in [9.17, 15) is 0 Å². The van der Waals surface area contributed by atoms with Gasteiger partial charge in [0.2, 0.25) is 0 Å². The van der Waals surface area contributed by atoms with Crippen LogP contribution in [-0.2, 0) is 4.74 Å². The Bertz CT molecular complexity index is 141. The summed E-state index contributed by atoms with van der Waals surface area (Å²) in [5.74, 6) is 0. The van der Waals surface area contributed by atoms with Crippen LogP contribution >= 0.6 is 0 Å². The number of hydrogen-bond acceptors (Lipinski definition) is 3. The molecule has 0 radical (unpaired) electrons. The van der Waals surface area contributed by atoms with Crippen molar-refractivity contribution in [2.75, 3.05) is 20.2 Å². The molecule has 1 saturated heterocycles. The minimum Gasteiger partial charge on any atom is -0.380 e. The standard InChI is InChI=1S/C7H12N2O/c1-10-7-3-2-4-9(5-7)6-8/h7H,2-5H2,1H3. The number of likely N-dealkylation sites (tertiary alicyclic amines) is 1. The molecule has 0 N–H and O–H groups in total. The number of ether oxygens (including phenoxy) is 1. The summed E-state index contributed by atoms with van der Waals surface area (Å²) in [6.45, 7) is 1.67. The summed E-state index contributed by atoms with van der Waals surface area (Å²) in [5, 5.41) is 8.52. The molecular formula is C7H12N2O. The maximum absolute atomic E-state index is 8.52. The Morgan fingerprint density at radius 2 is 2.50 bits per heavy atom. The molecule has 0 aromatic rings. The predicted molar refractivity (Wildman–Crippen MR) is 37.2 cm³/mol. The number of nitriles is 1. The molecule has 0 aromatic carbocycles. The average molecular weight is 140 g/mol. The Balaban J connectivity index is 2.33. The third-order valence-electron chi connectivity index (χ3n) is 1.85. The van der Waals surface area contributed by atoms with Crippen molar-refractivity contribution < 1.29 is 4.74 Å². The summed E-state index contributed by atoms with van der Waals surface area (Å²) >= 11 is 0. The Morgan fingerprint density at radius 3 is 3.10 bits per heavy atom. The minimum absolute atomic E-state index is 0.272. The highest BCUT2D eigenvalue weighted by Crippen LogP contribution is 2.10. The van der Waals surface area contributed by atoms with Crippen LogP contribution in [0.1, 0.15) is 12.8 Å². The molecule has 1 atom stereocenters. The summed E-state index contributed by atoms with van der Waals surface area (Å²) < 4.78 is 5.13. The van der Waals surface area contributed by atoms with Gasteiger partial charge < -0.3 is 9.64 Å². The monoisotopic (exact) mass is 140 g/mol. The topological polar surface area (TPSA) is 36.3 Å². The summed E-state index contributed by atoms with van der Waals surface area (Å²) in [6, 6.07) is 0. The van der Waals surface area contributed by atoms with Crippen LogP contribution in [0.5, 0.6) is 0 Å². The number of piperidine rings is 1. The number of rotatable bonds is 1. The Kier molecular flexibility index (Phi) is 2.52. The van der Waals surface area contributed by atoms with Crippen molar-refractivity contribution in [2.45, 2.75) is 18.9 Å². The molecular weight excluding hydrogens is 128 g/mol. The van der Waals surface area contributed by atoms with Crippen LogP contribution in [0.15, 0.2) is 0 Å². The first-order chi connectivity index (χ1) is 4.86. The fraction of sp³-hybridized carbons (Fsp3) is 0.857. The van der Waals surface area contributed by atoms with Gasteiger partial charge >= 0.3 is 0 Å². The lowest BCUT2D eigenvalue weighted by Crippen LogP contribution is -2.35. The second-order valence-electron chi connectivity index (χ2n) is 2.55. The molecule has 1 aliphatic heterocycles. The van der Waals surface area contributed by atoms with E-state index in [1.807, 2.05) is 0 Å². The molecule has 1 rings (SSSR count). The molecule has 10 heavy (non-hydrogen) atoms. The molecule has 0 bridgehead atoms. The van der Waals surface area contributed by atoms with E-state index in [-0.39, 0.29) is 6.10 Å². The van der Waals surface area contributed by atoms with Gasteiger partial charge in [-0.25, -0.2) is 0 Å². The molecule has 1 fully saturated rings. The quantitative estimate of drug-likeness (QED) is 0.500. The van der Waals surface area contributed by atoms with Gasteiger partial charge in [0, 0.05) is 13.7 Å². The van der Waals surface area contributed by atoms with Crippen LogP contribution in [0.4, 0.5) is 0 Å². The summed E-state index contributed by atoms with van der Waals surface area (Å²) in [7, 11) is 1.70. The average Bonchev–Trinajstić information content (AvgIpc) is 2.05. The van der Waals surface area contributed by atoms with Gasteiger partial charge in [0.25, 0.3) is 0 Å². The van der Waals surface area contributed by atoms with Crippen molar-refractivity contribution in [3.8, 4) is 6.19 Å². The van der Waals surface area contributed by atoms with Gasteiger partial charge in [-0.2, -0.15) is 5.26 Å². The minimum atomic E-state index is 0.272. The lowest BCUT2D eigenvalue weighted by molar-refractivity contribution is 0.0499. The first kappa shape index (κ1) is 7.36. The van der Waals surface area contributed by atoms with Gasteiger partial charge in [0.1, 0.15) is 0 Å². The first-order valence-electron chi connectivity index (χ1n) is 3.54. The van der Waals surface area contributed by atoms with E-state index in [1.54, 1.807) is 12.0 Å². The van der Waals surface area contributed by atoms with Crippen molar-refractivity contribution in [1.29, 1.82) is 5.26 Å². The highest BCUT2D eigenvalue weighted by molar-refractivity contribution is 4.81. The largest absolute Gasteiger partial charge is 0.380 e. The normalized spacial score (nSPS) is 26.0. The fourth-order valence-electron chi connectivity index (χ4n) is 1.22. The van der Waals surface area contributed by atoms with Gasteiger partial charge in [-0.15, -0.1) is 0 Å². The zero-order valence-electron chi connectivity index (χ0n) is 6.21. The Hall–Kier alpha value is -0.750. The molecule has 1 heterocycles. The zero-order chi connectivity index (χ0) is 7.40. The van der Waals surface area contributed by atoms with Gasteiger partial charge in [-0.05, 0) is 12.8 Å². The fourth-order valence-corrected chi connectivity index (χ4v) is 1.22. The molecule has 0 aromatic heterocycles.